The highest BCUT2D eigenvalue weighted by atomic mass is 16.6. The van der Waals surface area contributed by atoms with Gasteiger partial charge in [-0.25, -0.2) is 0 Å². The van der Waals surface area contributed by atoms with Crippen molar-refractivity contribution in [1.82, 2.24) is 5.32 Å². The lowest BCUT2D eigenvalue weighted by molar-refractivity contribution is -0.263. The number of hydrogen-bond donors (Lipinski definition) is 2. The molecular formula is C39H61NO8. The Bertz CT molecular complexity index is 1330. The fourth-order valence-electron chi connectivity index (χ4n) is 12.5. The fraction of sp³-hybridized carbons (Fsp3) is 0.872. The first-order valence-electron chi connectivity index (χ1n) is 18.7. The summed E-state index contributed by atoms with van der Waals surface area (Å²) in [7, 11) is 0. The van der Waals surface area contributed by atoms with Gasteiger partial charge in [-0.2, -0.15) is 0 Å². The number of ether oxygens (including phenoxy) is 4. The van der Waals surface area contributed by atoms with Gasteiger partial charge in [-0.3, -0.25) is 14.4 Å². The van der Waals surface area contributed by atoms with Gasteiger partial charge in [-0.15, -0.1) is 0 Å². The van der Waals surface area contributed by atoms with Gasteiger partial charge in [0.25, 0.3) is 0 Å². The Morgan fingerprint density at radius 3 is 2.38 bits per heavy atom. The zero-order chi connectivity index (χ0) is 35.0. The molecule has 2 unspecified atom stereocenters. The molecule has 2 aliphatic heterocycles. The van der Waals surface area contributed by atoms with Gasteiger partial charge >= 0.3 is 17.9 Å². The van der Waals surface area contributed by atoms with E-state index in [-0.39, 0.29) is 64.6 Å². The summed E-state index contributed by atoms with van der Waals surface area (Å²) in [4.78, 5) is 39.4. The molecule has 13 atom stereocenters. The van der Waals surface area contributed by atoms with E-state index in [0.717, 1.165) is 32.1 Å². The Hall–Kier alpha value is -1.97. The lowest BCUT2D eigenvalue weighted by Crippen LogP contribution is -2.70. The molecule has 0 aromatic heterocycles. The Morgan fingerprint density at radius 1 is 1.02 bits per heavy atom. The quantitative estimate of drug-likeness (QED) is 0.230. The summed E-state index contributed by atoms with van der Waals surface area (Å²) in [5.41, 5.74) is -0.484. The minimum Gasteiger partial charge on any atom is -0.481 e. The molecule has 270 valence electrons. The van der Waals surface area contributed by atoms with Crippen LogP contribution < -0.4 is 5.32 Å². The van der Waals surface area contributed by atoms with Crippen LogP contribution in [-0.4, -0.2) is 73.7 Å². The predicted octanol–water partition coefficient (Wildman–Crippen LogP) is 6.19. The number of rotatable bonds is 8. The molecule has 48 heavy (non-hydrogen) atoms. The third kappa shape index (κ3) is 5.22. The first kappa shape index (κ1) is 35.8. The number of esters is 2. The van der Waals surface area contributed by atoms with Gasteiger partial charge in [-0.05, 0) is 91.8 Å². The minimum atomic E-state index is -0.669. The maximum absolute atomic E-state index is 13.4. The Balaban J connectivity index is 1.34. The highest BCUT2D eigenvalue weighted by Gasteiger charge is 2.72. The number of carboxylic acid groups (broad SMARTS) is 1. The zero-order valence-electron chi connectivity index (χ0n) is 30.9. The summed E-state index contributed by atoms with van der Waals surface area (Å²) in [5, 5.41) is 14.3. The molecule has 0 amide bonds. The van der Waals surface area contributed by atoms with Gasteiger partial charge < -0.3 is 29.4 Å². The third-order valence-corrected chi connectivity index (χ3v) is 15.5. The average Bonchev–Trinajstić information content (AvgIpc) is 3.42. The van der Waals surface area contributed by atoms with Gasteiger partial charge in [-0.1, -0.05) is 60.1 Å². The summed E-state index contributed by atoms with van der Waals surface area (Å²) in [6.45, 7) is 20.9. The van der Waals surface area contributed by atoms with Crippen LogP contribution in [-0.2, 0) is 33.3 Å². The Kier molecular flexibility index (Phi) is 9.23. The number of aliphatic carboxylic acids is 1. The third-order valence-electron chi connectivity index (χ3n) is 15.5. The molecule has 9 nitrogen and oxygen atoms in total. The summed E-state index contributed by atoms with van der Waals surface area (Å²) in [6, 6.07) is 0.0990. The number of carboxylic acids is 1. The second kappa shape index (κ2) is 12.4. The Labute approximate surface area is 287 Å². The van der Waals surface area contributed by atoms with Crippen LogP contribution in [0.15, 0.2) is 11.6 Å². The monoisotopic (exact) mass is 671 g/mol. The Morgan fingerprint density at radius 2 is 1.75 bits per heavy atom. The first-order valence-corrected chi connectivity index (χ1v) is 18.7. The molecule has 3 saturated carbocycles. The van der Waals surface area contributed by atoms with Crippen molar-refractivity contribution in [2.75, 3.05) is 26.4 Å². The molecular weight excluding hydrogens is 610 g/mol. The fourth-order valence-corrected chi connectivity index (χ4v) is 12.5. The molecule has 0 spiro atoms. The molecule has 2 saturated heterocycles. The van der Waals surface area contributed by atoms with Crippen LogP contribution in [0.4, 0.5) is 0 Å². The van der Waals surface area contributed by atoms with Gasteiger partial charge in [0.1, 0.15) is 12.2 Å². The number of fused-ring (bicyclic) bond motifs is 3. The van der Waals surface area contributed by atoms with E-state index < -0.39 is 34.9 Å². The second-order valence-corrected chi connectivity index (χ2v) is 18.0. The molecule has 0 radical (unpaired) electrons. The molecule has 0 aromatic rings. The van der Waals surface area contributed by atoms with Crippen molar-refractivity contribution in [3.05, 3.63) is 11.6 Å². The average molecular weight is 672 g/mol. The van der Waals surface area contributed by atoms with Crippen LogP contribution in [0.3, 0.4) is 0 Å². The van der Waals surface area contributed by atoms with E-state index in [1.807, 2.05) is 6.92 Å². The topological polar surface area (TPSA) is 120 Å². The number of allylic oxidation sites excluding steroid dienone is 1. The van der Waals surface area contributed by atoms with Crippen molar-refractivity contribution < 1.29 is 38.4 Å². The lowest BCUT2D eigenvalue weighted by Gasteiger charge is -2.71. The van der Waals surface area contributed by atoms with Gasteiger partial charge in [0.15, 0.2) is 0 Å². The molecule has 2 N–H and O–H groups in total. The van der Waals surface area contributed by atoms with Crippen molar-refractivity contribution in [2.45, 2.75) is 132 Å². The number of carbonyl (C=O) groups is 3. The minimum absolute atomic E-state index is 0.0381. The summed E-state index contributed by atoms with van der Waals surface area (Å²) >= 11 is 0. The number of hydrogen-bond acceptors (Lipinski definition) is 8. The van der Waals surface area contributed by atoms with Crippen molar-refractivity contribution in [3.63, 3.8) is 0 Å². The maximum Gasteiger partial charge on any atom is 0.320 e. The van der Waals surface area contributed by atoms with Crippen molar-refractivity contribution in [1.29, 1.82) is 0 Å². The van der Waals surface area contributed by atoms with Crippen LogP contribution >= 0.6 is 0 Å². The molecule has 4 aliphatic carbocycles. The molecule has 6 aliphatic rings. The summed E-state index contributed by atoms with van der Waals surface area (Å²) in [6.07, 6.45) is 7.04. The first-order chi connectivity index (χ1) is 22.4. The summed E-state index contributed by atoms with van der Waals surface area (Å²) < 4.78 is 24.6. The number of carbonyl (C=O) groups excluding carboxylic acids is 2. The van der Waals surface area contributed by atoms with E-state index in [2.05, 4.69) is 59.9 Å². The zero-order valence-corrected chi connectivity index (χ0v) is 30.9. The van der Waals surface area contributed by atoms with Crippen molar-refractivity contribution in [2.24, 2.45) is 56.7 Å². The molecule has 2 heterocycles. The van der Waals surface area contributed by atoms with Crippen LogP contribution in [0.25, 0.3) is 0 Å². The molecule has 2 bridgehead atoms. The van der Waals surface area contributed by atoms with Gasteiger partial charge in [0, 0.05) is 30.4 Å². The molecule has 6 rings (SSSR count). The van der Waals surface area contributed by atoms with Crippen LogP contribution in [0, 0.1) is 56.7 Å². The van der Waals surface area contributed by atoms with E-state index in [0.29, 0.717) is 38.6 Å². The van der Waals surface area contributed by atoms with E-state index in [4.69, 9.17) is 18.9 Å². The number of nitrogens with one attached hydrogen (secondary N) is 1. The van der Waals surface area contributed by atoms with E-state index in [1.54, 1.807) is 0 Å². The molecule has 0 aromatic carbocycles. The van der Waals surface area contributed by atoms with E-state index in [9.17, 15) is 19.5 Å². The van der Waals surface area contributed by atoms with Crippen molar-refractivity contribution in [3.8, 4) is 0 Å². The van der Waals surface area contributed by atoms with E-state index in [1.165, 1.54) is 12.5 Å². The maximum atomic E-state index is 13.4. The smallest absolute Gasteiger partial charge is 0.320 e. The van der Waals surface area contributed by atoms with Crippen LogP contribution in [0.2, 0.25) is 0 Å². The van der Waals surface area contributed by atoms with Gasteiger partial charge in [0.2, 0.25) is 0 Å². The molecule has 5 fully saturated rings. The normalized spacial score (nSPS) is 47.2. The van der Waals surface area contributed by atoms with Crippen LogP contribution in [0.5, 0.6) is 0 Å². The second-order valence-electron chi connectivity index (χ2n) is 18.0. The highest BCUT2D eigenvalue weighted by Crippen LogP contribution is 2.75. The van der Waals surface area contributed by atoms with E-state index >= 15 is 0 Å². The van der Waals surface area contributed by atoms with Crippen LogP contribution in [0.1, 0.15) is 107 Å². The van der Waals surface area contributed by atoms with Gasteiger partial charge in [0.05, 0.1) is 31.8 Å². The molecule has 9 heteroatoms. The largest absolute Gasteiger partial charge is 0.481 e. The standard InChI is InChI=1S/C39H61NO8/c1-22(2)23(3)35(6)15-16-37(8)26-10-11-30-36(7)20-45-21-39(30,27(26)12-14-38(37,9)32(35)34(43)44)18-29(47-25(5)41)33(36)48-31(42)19-40-28-13-17-46-24(28)4/h12,22-24,26,28-30,32-33,40H,10-11,13-21H2,1-9H3,(H,43,44)/t23-,24?,26+,28?,29-,30+,32-,33+,35-,36+,37-,38+,39+/m1/s1. The highest BCUT2D eigenvalue weighted by molar-refractivity contribution is 5.73. The summed E-state index contributed by atoms with van der Waals surface area (Å²) in [5.74, 6) is -0.811. The lowest BCUT2D eigenvalue weighted by atomic mass is 9.34. The van der Waals surface area contributed by atoms with Crippen molar-refractivity contribution >= 4 is 17.9 Å². The SMILES string of the molecule is CC(=O)O[C@@H]1C[C@@]23COC[C@@](C)([C@@H]2CC[C@H]2C3=CC[C@@]3(C)[C@H](C(=O)O)[C@@](C)([C@H](C)C(C)C)CC[C@]23C)[C@H]1OC(=O)CNC1CCOC1C. The predicted molar refractivity (Wildman–Crippen MR) is 181 cm³/mol.